The zero-order valence-corrected chi connectivity index (χ0v) is 11.5. The lowest BCUT2D eigenvalue weighted by Crippen LogP contribution is -2.31. The Balaban J connectivity index is 1.91. The first-order chi connectivity index (χ1) is 8.50. The molecule has 0 aromatic carbocycles. The number of amidine groups is 1. The number of aromatic nitrogens is 2. The molecule has 0 radical (unpaired) electrons. The van der Waals surface area contributed by atoms with E-state index in [0.29, 0.717) is 0 Å². The van der Waals surface area contributed by atoms with E-state index in [1.165, 1.54) is 30.7 Å². The number of nitrogens with one attached hydrogen (secondary N) is 1. The fourth-order valence-electron chi connectivity index (χ4n) is 2.55. The minimum atomic E-state index is -0.180. The largest absolute Gasteiger partial charge is 0.387 e. The summed E-state index contributed by atoms with van der Waals surface area (Å²) in [5.41, 5.74) is 8.16. The van der Waals surface area contributed by atoms with E-state index in [0.717, 1.165) is 25.8 Å². The van der Waals surface area contributed by atoms with Crippen LogP contribution < -0.4 is 5.73 Å². The number of nitrogens with two attached hydrogens (primary N) is 1. The van der Waals surface area contributed by atoms with E-state index in [1.807, 2.05) is 20.2 Å². The highest BCUT2D eigenvalue weighted by atomic mass is 15.1. The summed E-state index contributed by atoms with van der Waals surface area (Å²) in [6.07, 6.45) is 8.87. The Hall–Kier alpha value is -1.32. The average molecular weight is 248 g/mol. The summed E-state index contributed by atoms with van der Waals surface area (Å²) in [6, 6.07) is 0. The van der Waals surface area contributed by atoms with E-state index in [4.69, 9.17) is 11.1 Å². The van der Waals surface area contributed by atoms with Crippen LogP contribution in [0.5, 0.6) is 0 Å². The van der Waals surface area contributed by atoms with Gasteiger partial charge in [-0.3, -0.25) is 5.41 Å². The van der Waals surface area contributed by atoms with Gasteiger partial charge in [0.25, 0.3) is 0 Å². The first kappa shape index (κ1) is 13.1. The maximum Gasteiger partial charge on any atom is 0.0963 e. The maximum absolute atomic E-state index is 7.56. The summed E-state index contributed by atoms with van der Waals surface area (Å²) in [7, 11) is 0. The van der Waals surface area contributed by atoms with E-state index < -0.39 is 0 Å². The number of rotatable bonds is 5. The van der Waals surface area contributed by atoms with Crippen LogP contribution in [0.15, 0.2) is 6.33 Å². The molecule has 4 nitrogen and oxygen atoms in total. The van der Waals surface area contributed by atoms with Crippen LogP contribution in [-0.2, 0) is 19.4 Å². The third kappa shape index (κ3) is 2.74. The van der Waals surface area contributed by atoms with Gasteiger partial charge in [0, 0.05) is 17.7 Å². The van der Waals surface area contributed by atoms with Crippen molar-refractivity contribution in [2.75, 3.05) is 0 Å². The molecular formula is C14H24N4. The Morgan fingerprint density at radius 3 is 2.89 bits per heavy atom. The van der Waals surface area contributed by atoms with Gasteiger partial charge in [-0.2, -0.15) is 0 Å². The van der Waals surface area contributed by atoms with Crippen molar-refractivity contribution in [1.82, 2.24) is 9.55 Å². The normalized spacial score (nSPS) is 15.4. The van der Waals surface area contributed by atoms with Crippen molar-refractivity contribution in [3.05, 3.63) is 17.7 Å². The third-order valence-electron chi connectivity index (χ3n) is 4.04. The number of hydrogen-bond donors (Lipinski definition) is 2. The Morgan fingerprint density at radius 1 is 1.44 bits per heavy atom. The van der Waals surface area contributed by atoms with E-state index in [1.54, 1.807) is 0 Å². The summed E-state index contributed by atoms with van der Waals surface area (Å²) in [6.45, 7) is 5.08. The Morgan fingerprint density at radius 2 is 2.17 bits per heavy atom. The highest BCUT2D eigenvalue weighted by molar-refractivity contribution is 5.82. The summed E-state index contributed by atoms with van der Waals surface area (Å²) < 4.78 is 2.30. The molecule has 0 spiro atoms. The molecule has 0 saturated carbocycles. The van der Waals surface area contributed by atoms with Crippen molar-refractivity contribution < 1.29 is 0 Å². The van der Waals surface area contributed by atoms with Gasteiger partial charge >= 0.3 is 0 Å². The van der Waals surface area contributed by atoms with Crippen molar-refractivity contribution in [1.29, 1.82) is 5.41 Å². The Kier molecular flexibility index (Phi) is 3.73. The molecule has 1 aromatic heterocycles. The predicted molar refractivity (Wildman–Crippen MR) is 73.8 cm³/mol. The van der Waals surface area contributed by atoms with Crippen molar-refractivity contribution in [2.45, 2.75) is 58.9 Å². The summed E-state index contributed by atoms with van der Waals surface area (Å²) in [5, 5.41) is 7.56. The zero-order chi connectivity index (χ0) is 13.2. The monoisotopic (exact) mass is 248 g/mol. The first-order valence-corrected chi connectivity index (χ1v) is 6.88. The SMILES string of the molecule is CC(C)(CCCn1cnc2c1CCCC2)C(=N)N. The van der Waals surface area contributed by atoms with Gasteiger partial charge < -0.3 is 10.3 Å². The van der Waals surface area contributed by atoms with E-state index in [2.05, 4.69) is 9.55 Å². The summed E-state index contributed by atoms with van der Waals surface area (Å²) in [5.74, 6) is 0.287. The lowest BCUT2D eigenvalue weighted by Gasteiger charge is -2.23. The number of nitrogens with zero attached hydrogens (tertiary/aromatic N) is 2. The fraction of sp³-hybridized carbons (Fsp3) is 0.714. The molecule has 1 aliphatic carbocycles. The predicted octanol–water partition coefficient (Wildman–Crippen LogP) is 2.50. The van der Waals surface area contributed by atoms with Gasteiger partial charge in [-0.1, -0.05) is 13.8 Å². The molecule has 0 aliphatic heterocycles. The van der Waals surface area contributed by atoms with Gasteiger partial charge in [0.05, 0.1) is 17.9 Å². The lowest BCUT2D eigenvalue weighted by atomic mass is 9.86. The summed E-state index contributed by atoms with van der Waals surface area (Å²) >= 11 is 0. The Labute approximate surface area is 109 Å². The highest BCUT2D eigenvalue weighted by Gasteiger charge is 2.21. The van der Waals surface area contributed by atoms with E-state index in [9.17, 15) is 0 Å². The fourth-order valence-corrected chi connectivity index (χ4v) is 2.55. The van der Waals surface area contributed by atoms with Crippen LogP contribution >= 0.6 is 0 Å². The van der Waals surface area contributed by atoms with Gasteiger partial charge in [0.15, 0.2) is 0 Å². The van der Waals surface area contributed by atoms with Gasteiger partial charge in [-0.25, -0.2) is 4.98 Å². The molecule has 0 atom stereocenters. The molecule has 0 fully saturated rings. The maximum atomic E-state index is 7.56. The Bertz CT molecular complexity index is 431. The van der Waals surface area contributed by atoms with Gasteiger partial charge in [-0.15, -0.1) is 0 Å². The van der Waals surface area contributed by atoms with Crippen LogP contribution in [0.1, 0.15) is 50.9 Å². The number of imidazole rings is 1. The molecule has 1 aliphatic rings. The molecule has 1 aromatic rings. The van der Waals surface area contributed by atoms with Gasteiger partial charge in [0.2, 0.25) is 0 Å². The second-order valence-electron chi connectivity index (χ2n) is 5.94. The average Bonchev–Trinajstić information content (AvgIpc) is 2.72. The van der Waals surface area contributed by atoms with Crippen molar-refractivity contribution in [3.63, 3.8) is 0 Å². The molecular weight excluding hydrogens is 224 g/mol. The molecule has 100 valence electrons. The minimum Gasteiger partial charge on any atom is -0.387 e. The number of hydrogen-bond acceptors (Lipinski definition) is 2. The van der Waals surface area contributed by atoms with Crippen LogP contribution in [0.2, 0.25) is 0 Å². The second kappa shape index (κ2) is 5.12. The van der Waals surface area contributed by atoms with Crippen LogP contribution in [0.4, 0.5) is 0 Å². The molecule has 0 amide bonds. The van der Waals surface area contributed by atoms with Crippen molar-refractivity contribution in [2.24, 2.45) is 11.1 Å². The molecule has 0 unspecified atom stereocenters. The van der Waals surface area contributed by atoms with Gasteiger partial charge in [0.1, 0.15) is 0 Å². The smallest absolute Gasteiger partial charge is 0.0963 e. The zero-order valence-electron chi connectivity index (χ0n) is 11.5. The van der Waals surface area contributed by atoms with Crippen LogP contribution in [0, 0.1) is 10.8 Å². The highest BCUT2D eigenvalue weighted by Crippen LogP contribution is 2.24. The number of fused-ring (bicyclic) bond motifs is 1. The third-order valence-corrected chi connectivity index (χ3v) is 4.04. The molecule has 18 heavy (non-hydrogen) atoms. The van der Waals surface area contributed by atoms with Crippen molar-refractivity contribution >= 4 is 5.84 Å². The first-order valence-electron chi connectivity index (χ1n) is 6.88. The van der Waals surface area contributed by atoms with Crippen LogP contribution in [0.3, 0.4) is 0 Å². The molecule has 0 bridgehead atoms. The molecule has 0 saturated heterocycles. The van der Waals surface area contributed by atoms with E-state index >= 15 is 0 Å². The van der Waals surface area contributed by atoms with Crippen LogP contribution in [-0.4, -0.2) is 15.4 Å². The second-order valence-corrected chi connectivity index (χ2v) is 5.94. The quantitative estimate of drug-likeness (QED) is 0.621. The topological polar surface area (TPSA) is 67.7 Å². The standard InChI is InChI=1S/C14H24N4/c1-14(2,13(15)16)8-5-9-18-10-17-11-6-3-4-7-12(11)18/h10H,3-9H2,1-2H3,(H3,15,16). The van der Waals surface area contributed by atoms with Crippen molar-refractivity contribution in [3.8, 4) is 0 Å². The summed E-state index contributed by atoms with van der Waals surface area (Å²) in [4.78, 5) is 4.50. The number of aryl methyl sites for hydroxylation is 2. The van der Waals surface area contributed by atoms with Crippen LogP contribution in [0.25, 0.3) is 0 Å². The molecule has 3 N–H and O–H groups in total. The lowest BCUT2D eigenvalue weighted by molar-refractivity contribution is 0.425. The van der Waals surface area contributed by atoms with E-state index in [-0.39, 0.29) is 11.3 Å². The molecule has 1 heterocycles. The minimum absolute atomic E-state index is 0.180. The molecule has 4 heteroatoms. The van der Waals surface area contributed by atoms with Gasteiger partial charge in [-0.05, 0) is 38.5 Å². The molecule has 2 rings (SSSR count).